The quantitative estimate of drug-likeness (QED) is 0.535. The first-order valence-electron chi connectivity index (χ1n) is 7.84. The van der Waals surface area contributed by atoms with Gasteiger partial charge in [-0.1, -0.05) is 11.6 Å². The van der Waals surface area contributed by atoms with Gasteiger partial charge in [0.2, 0.25) is 5.89 Å². The normalized spacial score (nSPS) is 10.8. The third-order valence-electron chi connectivity index (χ3n) is 3.50. The lowest BCUT2D eigenvalue weighted by atomic mass is 10.2. The topological polar surface area (TPSA) is 83.7 Å². The van der Waals surface area contributed by atoms with Crippen molar-refractivity contribution in [2.24, 2.45) is 0 Å². The van der Waals surface area contributed by atoms with Gasteiger partial charge >= 0.3 is 12.6 Å². The minimum absolute atomic E-state index is 0.0300. The van der Waals surface area contributed by atoms with E-state index in [9.17, 15) is 13.6 Å². The molecular formula is C18H13ClF2N2O5. The zero-order valence-electron chi connectivity index (χ0n) is 14.4. The Kier molecular flexibility index (Phi) is 6.05. The molecule has 0 radical (unpaired) electrons. The smallest absolute Gasteiger partial charge is 0.387 e. The Morgan fingerprint density at radius 1 is 1.14 bits per heavy atom. The van der Waals surface area contributed by atoms with E-state index in [4.69, 9.17) is 25.5 Å². The van der Waals surface area contributed by atoms with Gasteiger partial charge in [0.05, 0.1) is 12.7 Å². The van der Waals surface area contributed by atoms with Crippen molar-refractivity contribution in [2.75, 3.05) is 7.11 Å². The van der Waals surface area contributed by atoms with Gasteiger partial charge in [0.15, 0.2) is 18.1 Å². The maximum Gasteiger partial charge on any atom is 0.387 e. The molecule has 0 amide bonds. The van der Waals surface area contributed by atoms with E-state index < -0.39 is 12.6 Å². The summed E-state index contributed by atoms with van der Waals surface area (Å²) in [5, 5.41) is 8.25. The van der Waals surface area contributed by atoms with Crippen molar-refractivity contribution < 1.29 is 32.2 Å². The van der Waals surface area contributed by atoms with Crippen LogP contribution < -0.4 is 9.47 Å². The lowest BCUT2D eigenvalue weighted by Gasteiger charge is -2.10. The van der Waals surface area contributed by atoms with Crippen LogP contribution in [0.2, 0.25) is 5.02 Å². The number of esters is 1. The molecule has 1 heterocycles. The Labute approximate surface area is 162 Å². The van der Waals surface area contributed by atoms with Crippen molar-refractivity contribution in [3.63, 3.8) is 0 Å². The van der Waals surface area contributed by atoms with Gasteiger partial charge in [-0.05, 0) is 42.5 Å². The average Bonchev–Trinajstić information content (AvgIpc) is 3.15. The van der Waals surface area contributed by atoms with Crippen molar-refractivity contribution in [1.82, 2.24) is 10.2 Å². The molecule has 0 spiro atoms. The van der Waals surface area contributed by atoms with E-state index in [1.807, 2.05) is 0 Å². The standard InChI is InChI=1S/C18H13ClF2N2O5/c1-25-14-8-11(4-7-13(14)27-18(20)21)17(24)26-9-15-22-23-16(28-15)10-2-5-12(19)6-3-10/h2-8,18H,9H2,1H3. The predicted molar refractivity (Wildman–Crippen MR) is 93.5 cm³/mol. The number of alkyl halides is 2. The van der Waals surface area contributed by atoms with Gasteiger partial charge in [-0.2, -0.15) is 8.78 Å². The van der Waals surface area contributed by atoms with E-state index in [1.165, 1.54) is 25.3 Å². The molecule has 0 saturated heterocycles. The summed E-state index contributed by atoms with van der Waals surface area (Å²) in [5.41, 5.74) is 0.740. The van der Waals surface area contributed by atoms with Crippen molar-refractivity contribution in [3.8, 4) is 23.0 Å². The number of aromatic nitrogens is 2. The van der Waals surface area contributed by atoms with Gasteiger partial charge in [0, 0.05) is 10.6 Å². The third-order valence-corrected chi connectivity index (χ3v) is 3.75. The Bertz CT molecular complexity index is 963. The molecular weight excluding hydrogens is 398 g/mol. The highest BCUT2D eigenvalue weighted by molar-refractivity contribution is 6.30. The monoisotopic (exact) mass is 410 g/mol. The molecule has 10 heteroatoms. The van der Waals surface area contributed by atoms with Gasteiger partial charge in [0.1, 0.15) is 0 Å². The molecule has 1 aromatic heterocycles. The molecule has 28 heavy (non-hydrogen) atoms. The van der Waals surface area contributed by atoms with Crippen LogP contribution in [-0.4, -0.2) is 29.9 Å². The van der Waals surface area contributed by atoms with E-state index in [-0.39, 0.29) is 35.5 Å². The number of benzene rings is 2. The van der Waals surface area contributed by atoms with Crippen molar-refractivity contribution in [1.29, 1.82) is 0 Å². The number of hydrogen-bond donors (Lipinski definition) is 0. The number of rotatable bonds is 7. The number of carbonyl (C=O) groups excluding carboxylic acids is 1. The summed E-state index contributed by atoms with van der Waals surface area (Å²) in [7, 11) is 1.26. The number of methoxy groups -OCH3 is 1. The zero-order valence-corrected chi connectivity index (χ0v) is 15.2. The number of carbonyl (C=O) groups is 1. The molecule has 0 unspecified atom stereocenters. The van der Waals surface area contributed by atoms with Gasteiger partial charge in [-0.15, -0.1) is 10.2 Å². The minimum atomic E-state index is -3.01. The summed E-state index contributed by atoms with van der Waals surface area (Å²) in [6.45, 7) is -3.28. The highest BCUT2D eigenvalue weighted by atomic mass is 35.5. The van der Waals surface area contributed by atoms with Crippen molar-refractivity contribution >= 4 is 17.6 Å². The molecule has 0 aliphatic rings. The molecule has 3 aromatic rings. The summed E-state index contributed by atoms with van der Waals surface area (Å²) in [6.07, 6.45) is 0. The highest BCUT2D eigenvalue weighted by Crippen LogP contribution is 2.30. The summed E-state index contributed by atoms with van der Waals surface area (Å²) in [5.74, 6) is -0.620. The Morgan fingerprint density at radius 2 is 1.89 bits per heavy atom. The number of nitrogens with zero attached hydrogens (tertiary/aromatic N) is 2. The predicted octanol–water partition coefficient (Wildman–Crippen LogP) is 4.36. The number of ether oxygens (including phenoxy) is 3. The second kappa shape index (κ2) is 8.66. The fraction of sp³-hybridized carbons (Fsp3) is 0.167. The molecule has 0 saturated carbocycles. The van der Waals surface area contributed by atoms with Crippen LogP contribution in [0.25, 0.3) is 11.5 Å². The van der Waals surface area contributed by atoms with Gasteiger partial charge in [0.25, 0.3) is 5.89 Å². The first-order valence-corrected chi connectivity index (χ1v) is 8.22. The minimum Gasteiger partial charge on any atom is -0.493 e. The van der Waals surface area contributed by atoms with E-state index in [1.54, 1.807) is 24.3 Å². The summed E-state index contributed by atoms with van der Waals surface area (Å²) >= 11 is 5.83. The first-order chi connectivity index (χ1) is 13.5. The van der Waals surface area contributed by atoms with Crippen LogP contribution in [0.4, 0.5) is 8.78 Å². The largest absolute Gasteiger partial charge is 0.493 e. The van der Waals surface area contributed by atoms with E-state index in [0.717, 1.165) is 0 Å². The molecule has 0 fully saturated rings. The second-order valence-electron chi connectivity index (χ2n) is 5.33. The fourth-order valence-corrected chi connectivity index (χ4v) is 2.35. The Hall–Kier alpha value is -3.20. The van der Waals surface area contributed by atoms with Gasteiger partial charge < -0.3 is 18.6 Å². The van der Waals surface area contributed by atoms with Gasteiger partial charge in [-0.3, -0.25) is 0 Å². The maximum absolute atomic E-state index is 12.3. The summed E-state index contributed by atoms with van der Waals surface area (Å²) in [4.78, 5) is 12.2. The highest BCUT2D eigenvalue weighted by Gasteiger charge is 2.16. The SMILES string of the molecule is COc1cc(C(=O)OCc2nnc(-c3ccc(Cl)cc3)o2)ccc1OC(F)F. The number of halogens is 3. The number of hydrogen-bond acceptors (Lipinski definition) is 7. The molecule has 0 N–H and O–H groups in total. The van der Waals surface area contributed by atoms with Crippen LogP contribution in [0, 0.1) is 0 Å². The molecule has 0 bridgehead atoms. The molecule has 0 atom stereocenters. The van der Waals surface area contributed by atoms with E-state index in [0.29, 0.717) is 10.6 Å². The Balaban J connectivity index is 1.65. The summed E-state index contributed by atoms with van der Waals surface area (Å²) in [6, 6.07) is 10.5. The van der Waals surface area contributed by atoms with Crippen molar-refractivity contribution in [3.05, 3.63) is 58.9 Å². The van der Waals surface area contributed by atoms with Crippen molar-refractivity contribution in [2.45, 2.75) is 13.2 Å². The lowest BCUT2D eigenvalue weighted by Crippen LogP contribution is -2.07. The molecule has 2 aromatic carbocycles. The second-order valence-corrected chi connectivity index (χ2v) is 5.76. The average molecular weight is 411 g/mol. The molecule has 146 valence electrons. The van der Waals surface area contributed by atoms with Crippen LogP contribution in [-0.2, 0) is 11.3 Å². The van der Waals surface area contributed by atoms with Crippen LogP contribution in [0.5, 0.6) is 11.5 Å². The third kappa shape index (κ3) is 4.74. The Morgan fingerprint density at radius 3 is 2.57 bits per heavy atom. The molecule has 0 aliphatic carbocycles. The summed E-state index contributed by atoms with van der Waals surface area (Å²) < 4.78 is 44.5. The van der Waals surface area contributed by atoms with E-state index in [2.05, 4.69) is 14.9 Å². The fourth-order valence-electron chi connectivity index (χ4n) is 2.22. The first kappa shape index (κ1) is 19.6. The van der Waals surface area contributed by atoms with Crippen LogP contribution >= 0.6 is 11.6 Å². The van der Waals surface area contributed by atoms with Crippen LogP contribution in [0.3, 0.4) is 0 Å². The zero-order chi connectivity index (χ0) is 20.1. The van der Waals surface area contributed by atoms with Gasteiger partial charge in [-0.25, -0.2) is 4.79 Å². The molecule has 7 nitrogen and oxygen atoms in total. The van der Waals surface area contributed by atoms with E-state index >= 15 is 0 Å². The maximum atomic E-state index is 12.3. The molecule has 0 aliphatic heterocycles. The lowest BCUT2D eigenvalue weighted by molar-refractivity contribution is -0.0512. The van der Waals surface area contributed by atoms with Crippen LogP contribution in [0.15, 0.2) is 46.9 Å². The molecule has 3 rings (SSSR count). The van der Waals surface area contributed by atoms with Crippen LogP contribution in [0.1, 0.15) is 16.2 Å².